The molecule has 122 valence electrons. The van der Waals surface area contributed by atoms with E-state index in [1.807, 2.05) is 0 Å². The van der Waals surface area contributed by atoms with E-state index in [4.69, 9.17) is 17.0 Å². The first-order valence-electron chi connectivity index (χ1n) is 6.89. The monoisotopic (exact) mass is 345 g/mol. The van der Waals surface area contributed by atoms with Gasteiger partial charge in [0.2, 0.25) is 0 Å². The zero-order valence-electron chi connectivity index (χ0n) is 12.5. The van der Waals surface area contributed by atoms with Crippen molar-refractivity contribution in [2.45, 2.75) is 0 Å². The Morgan fingerprint density at radius 2 is 2.00 bits per heavy atom. The normalized spacial score (nSPS) is 10.6. The summed E-state index contributed by atoms with van der Waals surface area (Å²) in [6.07, 6.45) is 0. The number of carbonyl (C=O) groups excluding carboxylic acids is 1. The zero-order chi connectivity index (χ0) is 17.3. The highest BCUT2D eigenvalue weighted by atomic mass is 32.1. The molecular weight excluding hydrogens is 333 g/mol. The summed E-state index contributed by atoms with van der Waals surface area (Å²) >= 11 is 4.91. The molecule has 1 aromatic heterocycles. The van der Waals surface area contributed by atoms with Crippen molar-refractivity contribution in [1.29, 1.82) is 0 Å². The summed E-state index contributed by atoms with van der Waals surface area (Å²) < 4.78 is 18.7. The third-order valence-electron chi connectivity index (χ3n) is 3.41. The van der Waals surface area contributed by atoms with Gasteiger partial charge in [0.25, 0.3) is 11.5 Å². The van der Waals surface area contributed by atoms with Gasteiger partial charge in [-0.25, -0.2) is 4.39 Å². The number of benzene rings is 2. The molecular formula is C16H12FN3O3S. The second-order valence-electron chi connectivity index (χ2n) is 4.97. The molecule has 1 heterocycles. The number of hydrogen-bond donors (Lipinski definition) is 3. The third kappa shape index (κ3) is 3.04. The van der Waals surface area contributed by atoms with Crippen LogP contribution in [0.4, 0.5) is 10.1 Å². The maximum Gasteiger partial charge on any atom is 0.259 e. The van der Waals surface area contributed by atoms with Crippen LogP contribution in [-0.2, 0) is 0 Å². The lowest BCUT2D eigenvalue weighted by atomic mass is 10.1. The number of ether oxygens (including phenoxy) is 1. The van der Waals surface area contributed by atoms with Crippen LogP contribution in [0.2, 0.25) is 0 Å². The minimum absolute atomic E-state index is 0.0884. The summed E-state index contributed by atoms with van der Waals surface area (Å²) in [5.41, 5.74) is 0.697. The Labute approximate surface area is 140 Å². The van der Waals surface area contributed by atoms with Crippen molar-refractivity contribution < 1.29 is 13.9 Å². The summed E-state index contributed by atoms with van der Waals surface area (Å²) in [5.74, 6) is -0.934. The molecule has 3 aromatic rings. The van der Waals surface area contributed by atoms with E-state index in [-0.39, 0.29) is 21.8 Å². The van der Waals surface area contributed by atoms with Gasteiger partial charge in [0.1, 0.15) is 0 Å². The molecule has 0 aliphatic carbocycles. The highest BCUT2D eigenvalue weighted by Crippen LogP contribution is 2.21. The van der Waals surface area contributed by atoms with Gasteiger partial charge >= 0.3 is 0 Å². The molecule has 2 aromatic carbocycles. The number of fused-ring (bicyclic) bond motifs is 1. The molecule has 0 aliphatic heterocycles. The van der Waals surface area contributed by atoms with Crippen LogP contribution in [0.1, 0.15) is 10.4 Å². The first-order chi connectivity index (χ1) is 11.5. The van der Waals surface area contributed by atoms with Crippen LogP contribution in [0, 0.1) is 10.6 Å². The van der Waals surface area contributed by atoms with Gasteiger partial charge in [-0.15, -0.1) is 0 Å². The average molecular weight is 345 g/mol. The average Bonchev–Trinajstić information content (AvgIpc) is 2.54. The predicted molar refractivity (Wildman–Crippen MR) is 90.7 cm³/mol. The van der Waals surface area contributed by atoms with E-state index >= 15 is 0 Å². The molecule has 0 saturated carbocycles. The number of nitrogens with one attached hydrogen (secondary N) is 3. The Balaban J connectivity index is 1.92. The minimum Gasteiger partial charge on any atom is -0.494 e. The molecule has 0 spiro atoms. The molecule has 8 heteroatoms. The maximum absolute atomic E-state index is 13.7. The van der Waals surface area contributed by atoms with Crippen LogP contribution in [0.5, 0.6) is 5.75 Å². The molecule has 0 aliphatic rings. The Kier molecular flexibility index (Phi) is 4.13. The number of anilines is 1. The fourth-order valence-corrected chi connectivity index (χ4v) is 2.46. The highest BCUT2D eigenvalue weighted by Gasteiger charge is 2.10. The van der Waals surface area contributed by atoms with Gasteiger partial charge in [-0.3, -0.25) is 14.6 Å². The van der Waals surface area contributed by atoms with Gasteiger partial charge < -0.3 is 15.0 Å². The molecule has 3 rings (SSSR count). The Bertz CT molecular complexity index is 1060. The number of rotatable bonds is 3. The van der Waals surface area contributed by atoms with E-state index in [0.29, 0.717) is 16.5 Å². The number of aromatic nitrogens is 2. The topological polar surface area (TPSA) is 87.0 Å². The quantitative estimate of drug-likeness (QED) is 0.637. The lowest BCUT2D eigenvalue weighted by Crippen LogP contribution is -2.13. The van der Waals surface area contributed by atoms with Crippen molar-refractivity contribution in [1.82, 2.24) is 9.97 Å². The molecule has 3 N–H and O–H groups in total. The second kappa shape index (κ2) is 6.25. The summed E-state index contributed by atoms with van der Waals surface area (Å²) in [6, 6.07) is 8.64. The standard InChI is InChI=1S/C16H12FN3O3S/c1-23-13-5-3-9(7-11(13)17)18-14(21)8-2-4-10-12(6-8)19-16(24)20-15(10)22/h2-7H,1H3,(H,18,21)(H2,19,20,22,24). The van der Waals surface area contributed by atoms with Crippen LogP contribution >= 0.6 is 12.2 Å². The highest BCUT2D eigenvalue weighted by molar-refractivity contribution is 7.71. The van der Waals surface area contributed by atoms with Crippen LogP contribution in [0.3, 0.4) is 0 Å². The smallest absolute Gasteiger partial charge is 0.259 e. The van der Waals surface area contributed by atoms with Gasteiger partial charge in [-0.1, -0.05) is 0 Å². The van der Waals surface area contributed by atoms with E-state index in [1.165, 1.54) is 37.4 Å². The van der Waals surface area contributed by atoms with E-state index in [1.54, 1.807) is 0 Å². The number of H-pyrrole nitrogens is 2. The molecule has 0 saturated heterocycles. The molecule has 0 unspecified atom stereocenters. The van der Waals surface area contributed by atoms with Crippen molar-refractivity contribution >= 4 is 34.7 Å². The number of carbonyl (C=O) groups is 1. The van der Waals surface area contributed by atoms with Crippen molar-refractivity contribution in [2.24, 2.45) is 0 Å². The van der Waals surface area contributed by atoms with Gasteiger partial charge in [-0.05, 0) is 42.5 Å². The number of aromatic amines is 2. The number of halogens is 1. The van der Waals surface area contributed by atoms with E-state index in [2.05, 4.69) is 15.3 Å². The molecule has 1 amide bonds. The van der Waals surface area contributed by atoms with Crippen molar-refractivity contribution in [3.8, 4) is 5.75 Å². The van der Waals surface area contributed by atoms with E-state index < -0.39 is 11.7 Å². The van der Waals surface area contributed by atoms with Crippen molar-refractivity contribution in [3.05, 3.63) is 62.9 Å². The third-order valence-corrected chi connectivity index (χ3v) is 3.62. The van der Waals surface area contributed by atoms with E-state index in [0.717, 1.165) is 6.07 Å². The molecule has 24 heavy (non-hydrogen) atoms. The Morgan fingerprint density at radius 3 is 2.71 bits per heavy atom. The summed E-state index contributed by atoms with van der Waals surface area (Å²) in [6.45, 7) is 0. The minimum atomic E-state index is -0.579. The molecule has 0 fully saturated rings. The van der Waals surface area contributed by atoms with Gasteiger partial charge in [0.15, 0.2) is 16.3 Å². The summed E-state index contributed by atoms with van der Waals surface area (Å²) in [7, 11) is 1.36. The van der Waals surface area contributed by atoms with Gasteiger partial charge in [0, 0.05) is 17.3 Å². The Morgan fingerprint density at radius 1 is 1.21 bits per heavy atom. The number of methoxy groups -OCH3 is 1. The zero-order valence-corrected chi connectivity index (χ0v) is 13.3. The van der Waals surface area contributed by atoms with Gasteiger partial charge in [-0.2, -0.15) is 0 Å². The first-order valence-corrected chi connectivity index (χ1v) is 7.30. The Hall–Kier alpha value is -3.00. The summed E-state index contributed by atoms with van der Waals surface area (Å²) in [4.78, 5) is 29.4. The molecule has 0 bridgehead atoms. The summed E-state index contributed by atoms with van der Waals surface area (Å²) in [5, 5.41) is 2.97. The largest absolute Gasteiger partial charge is 0.494 e. The van der Waals surface area contributed by atoms with Crippen LogP contribution in [-0.4, -0.2) is 23.0 Å². The van der Waals surface area contributed by atoms with Crippen LogP contribution in [0.25, 0.3) is 10.9 Å². The first kappa shape index (κ1) is 15.9. The maximum atomic E-state index is 13.7. The van der Waals surface area contributed by atoms with Crippen LogP contribution in [0.15, 0.2) is 41.2 Å². The predicted octanol–water partition coefficient (Wildman–Crippen LogP) is 2.99. The fourth-order valence-electron chi connectivity index (χ4n) is 2.26. The molecule has 6 nitrogen and oxygen atoms in total. The van der Waals surface area contributed by atoms with E-state index in [9.17, 15) is 14.0 Å². The lowest BCUT2D eigenvalue weighted by Gasteiger charge is -2.08. The molecule has 0 radical (unpaired) electrons. The van der Waals surface area contributed by atoms with Crippen molar-refractivity contribution in [2.75, 3.05) is 12.4 Å². The number of hydrogen-bond acceptors (Lipinski definition) is 4. The number of amides is 1. The fraction of sp³-hybridized carbons (Fsp3) is 0.0625. The molecule has 0 atom stereocenters. The van der Waals surface area contributed by atoms with Crippen molar-refractivity contribution in [3.63, 3.8) is 0 Å². The van der Waals surface area contributed by atoms with Gasteiger partial charge in [0.05, 0.1) is 18.0 Å². The van der Waals surface area contributed by atoms with Crippen LogP contribution < -0.4 is 15.6 Å². The lowest BCUT2D eigenvalue weighted by molar-refractivity contribution is 0.102. The SMILES string of the molecule is COc1ccc(NC(=O)c2ccc3c(=O)[nH]c(=S)[nH]c3c2)cc1F. The second-order valence-corrected chi connectivity index (χ2v) is 5.38.